The van der Waals surface area contributed by atoms with Crippen molar-refractivity contribution in [3.63, 3.8) is 0 Å². The Hall–Kier alpha value is -2.95. The summed E-state index contributed by atoms with van der Waals surface area (Å²) in [5.74, 6) is 0.123. The Labute approximate surface area is 258 Å². The van der Waals surface area contributed by atoms with E-state index in [1.807, 2.05) is 24.3 Å². The van der Waals surface area contributed by atoms with E-state index in [0.717, 1.165) is 66.4 Å². The van der Waals surface area contributed by atoms with E-state index in [-0.39, 0.29) is 22.9 Å². The maximum absolute atomic E-state index is 14.1. The van der Waals surface area contributed by atoms with Crippen LogP contribution in [-0.2, 0) is 13.1 Å². The topological polar surface area (TPSA) is 20.3 Å². The summed E-state index contributed by atoms with van der Waals surface area (Å²) >= 11 is 0. The second-order valence-electron chi connectivity index (χ2n) is 11.8. The molecule has 0 aliphatic carbocycles. The molecule has 0 radical (unpaired) electrons. The van der Waals surface area contributed by atoms with Gasteiger partial charge in [-0.2, -0.15) is 0 Å². The second kappa shape index (κ2) is 14.8. The number of quaternary nitrogens is 1. The van der Waals surface area contributed by atoms with Crippen molar-refractivity contribution in [3.05, 3.63) is 118 Å². The molecule has 0 aliphatic rings. The van der Waals surface area contributed by atoms with Gasteiger partial charge >= 0.3 is 0 Å². The molecule has 0 unspecified atom stereocenters. The number of unbranched alkanes of at least 4 members (excludes halogenated alkanes) is 1. The molecule has 4 aromatic carbocycles. The number of carbonyl (C=O) groups excluding carboxylic acids is 1. The van der Waals surface area contributed by atoms with Crippen LogP contribution in [0.25, 0.3) is 10.8 Å². The first-order valence-electron chi connectivity index (χ1n) is 15.0. The fourth-order valence-corrected chi connectivity index (χ4v) is 6.36. The SMILES string of the molecule is CC[N+](CC)(CCCCN(Cc1cc(C)cc(C)c1)C(=O)c1cccc2ccccc12)Cc1cc(C)cc(C)c1.[Br-]. The molecule has 4 heteroatoms. The molecule has 218 valence electrons. The molecule has 4 rings (SSSR count). The van der Waals surface area contributed by atoms with Crippen LogP contribution in [0.3, 0.4) is 0 Å². The molecule has 1 amide bonds. The van der Waals surface area contributed by atoms with Crippen LogP contribution in [0.1, 0.15) is 70.4 Å². The molecule has 0 fully saturated rings. The maximum Gasteiger partial charge on any atom is 0.254 e. The molecule has 0 aliphatic heterocycles. The van der Waals surface area contributed by atoms with E-state index in [1.54, 1.807) is 0 Å². The molecule has 41 heavy (non-hydrogen) atoms. The molecule has 0 atom stereocenters. The van der Waals surface area contributed by atoms with E-state index < -0.39 is 0 Å². The van der Waals surface area contributed by atoms with Crippen LogP contribution in [0.15, 0.2) is 78.9 Å². The first-order valence-corrected chi connectivity index (χ1v) is 15.0. The Morgan fingerprint density at radius 2 is 1.27 bits per heavy atom. The first-order chi connectivity index (χ1) is 19.2. The van der Waals surface area contributed by atoms with Crippen LogP contribution < -0.4 is 17.0 Å². The van der Waals surface area contributed by atoms with Gasteiger partial charge in [-0.15, -0.1) is 0 Å². The third-order valence-corrected chi connectivity index (χ3v) is 8.41. The molecule has 0 aromatic heterocycles. The van der Waals surface area contributed by atoms with Crippen molar-refractivity contribution >= 4 is 16.7 Å². The fraction of sp³-hybridized carbons (Fsp3) is 0.378. The number of carbonyl (C=O) groups is 1. The quantitative estimate of drug-likeness (QED) is 0.151. The van der Waals surface area contributed by atoms with Crippen LogP contribution in [0.4, 0.5) is 0 Å². The van der Waals surface area contributed by atoms with Crippen LogP contribution >= 0.6 is 0 Å². The van der Waals surface area contributed by atoms with Crippen molar-refractivity contribution < 1.29 is 26.3 Å². The summed E-state index contributed by atoms with van der Waals surface area (Å²) in [5, 5.41) is 2.14. The van der Waals surface area contributed by atoms with Crippen LogP contribution in [0.5, 0.6) is 0 Å². The van der Waals surface area contributed by atoms with Gasteiger partial charge in [0.15, 0.2) is 0 Å². The summed E-state index contributed by atoms with van der Waals surface area (Å²) in [7, 11) is 0. The number of hydrogen-bond donors (Lipinski definition) is 0. The van der Waals surface area contributed by atoms with Gasteiger partial charge in [-0.25, -0.2) is 0 Å². The molecule has 0 heterocycles. The number of nitrogens with zero attached hydrogens (tertiary/aromatic N) is 2. The summed E-state index contributed by atoms with van der Waals surface area (Å²) in [6, 6.07) is 27.9. The molecule has 3 nitrogen and oxygen atoms in total. The predicted octanol–water partition coefficient (Wildman–Crippen LogP) is 5.56. The lowest BCUT2D eigenvalue weighted by atomic mass is 10.0. The lowest BCUT2D eigenvalue weighted by Crippen LogP contribution is -3.00. The van der Waals surface area contributed by atoms with E-state index in [4.69, 9.17) is 0 Å². The minimum Gasteiger partial charge on any atom is -1.00 e. The summed E-state index contributed by atoms with van der Waals surface area (Å²) in [6.45, 7) is 19.1. The summed E-state index contributed by atoms with van der Waals surface area (Å²) < 4.78 is 1.08. The van der Waals surface area contributed by atoms with Gasteiger partial charge in [-0.05, 0) is 76.8 Å². The van der Waals surface area contributed by atoms with Gasteiger partial charge in [0.05, 0.1) is 19.6 Å². The zero-order chi connectivity index (χ0) is 28.7. The average molecular weight is 616 g/mol. The number of aryl methyl sites for hydroxylation is 4. The third-order valence-electron chi connectivity index (χ3n) is 8.41. The first kappa shape index (κ1) is 32.6. The molecule has 0 bridgehead atoms. The minimum atomic E-state index is 0. The summed E-state index contributed by atoms with van der Waals surface area (Å²) in [4.78, 5) is 16.1. The van der Waals surface area contributed by atoms with Gasteiger partial charge in [0, 0.05) is 24.2 Å². The Balaban J connectivity index is 0.00000462. The number of benzene rings is 4. The number of amides is 1. The van der Waals surface area contributed by atoms with E-state index in [2.05, 4.69) is 101 Å². The van der Waals surface area contributed by atoms with Gasteiger partial charge in [-0.3, -0.25) is 4.79 Å². The van der Waals surface area contributed by atoms with E-state index >= 15 is 0 Å². The van der Waals surface area contributed by atoms with Gasteiger partial charge in [0.1, 0.15) is 6.54 Å². The van der Waals surface area contributed by atoms with E-state index in [0.29, 0.717) is 6.54 Å². The lowest BCUT2D eigenvalue weighted by molar-refractivity contribution is -0.938. The zero-order valence-electron chi connectivity index (χ0n) is 25.8. The number of halogens is 1. The van der Waals surface area contributed by atoms with Gasteiger partial charge in [0.2, 0.25) is 0 Å². The molecule has 0 saturated carbocycles. The Morgan fingerprint density at radius 3 is 1.88 bits per heavy atom. The molecule has 0 N–H and O–H groups in total. The summed E-state index contributed by atoms with van der Waals surface area (Å²) in [5.41, 5.74) is 8.60. The summed E-state index contributed by atoms with van der Waals surface area (Å²) in [6.07, 6.45) is 2.09. The molecular weight excluding hydrogens is 568 g/mol. The monoisotopic (exact) mass is 614 g/mol. The smallest absolute Gasteiger partial charge is 0.254 e. The average Bonchev–Trinajstić information content (AvgIpc) is 2.92. The van der Waals surface area contributed by atoms with E-state index in [1.165, 1.54) is 33.4 Å². The highest BCUT2D eigenvalue weighted by atomic mass is 79.9. The van der Waals surface area contributed by atoms with Crippen molar-refractivity contribution in [3.8, 4) is 0 Å². The minimum absolute atomic E-state index is 0. The number of fused-ring (bicyclic) bond motifs is 1. The molecular formula is C37H47BrN2O. The predicted molar refractivity (Wildman–Crippen MR) is 170 cm³/mol. The van der Waals surface area contributed by atoms with Crippen LogP contribution in [-0.4, -0.2) is 41.5 Å². The zero-order valence-corrected chi connectivity index (χ0v) is 27.4. The van der Waals surface area contributed by atoms with Gasteiger partial charge < -0.3 is 26.4 Å². The maximum atomic E-state index is 14.1. The third kappa shape index (κ3) is 8.53. The normalized spacial score (nSPS) is 11.4. The number of hydrogen-bond acceptors (Lipinski definition) is 1. The van der Waals surface area contributed by atoms with Crippen LogP contribution in [0, 0.1) is 27.7 Å². The van der Waals surface area contributed by atoms with E-state index in [9.17, 15) is 4.79 Å². The highest BCUT2D eigenvalue weighted by Crippen LogP contribution is 2.23. The highest BCUT2D eigenvalue weighted by Gasteiger charge is 2.24. The standard InChI is InChI=1S/C37H47N2O.BrH/c1-7-39(8-2,27-33-24-30(5)21-31(6)25-33)19-12-11-18-38(26-32-22-28(3)20-29(4)23-32)37(40)36-17-13-15-34-14-9-10-16-35(34)36;/h9-10,13-17,20-25H,7-8,11-12,18-19,26-27H2,1-6H3;1H/q+1;/p-1. The molecule has 0 saturated heterocycles. The van der Waals surface area contributed by atoms with Crippen molar-refractivity contribution in [2.75, 3.05) is 26.2 Å². The van der Waals surface area contributed by atoms with Gasteiger partial charge in [0.25, 0.3) is 5.91 Å². The van der Waals surface area contributed by atoms with Gasteiger partial charge in [-0.1, -0.05) is 95.1 Å². The number of rotatable bonds is 12. The Bertz CT molecular complexity index is 1410. The van der Waals surface area contributed by atoms with Crippen molar-refractivity contribution in [1.29, 1.82) is 0 Å². The fourth-order valence-electron chi connectivity index (χ4n) is 6.36. The second-order valence-corrected chi connectivity index (χ2v) is 11.8. The van der Waals surface area contributed by atoms with Crippen molar-refractivity contribution in [2.24, 2.45) is 0 Å². The van der Waals surface area contributed by atoms with Crippen molar-refractivity contribution in [2.45, 2.75) is 67.5 Å². The Kier molecular flexibility index (Phi) is 11.7. The Morgan fingerprint density at radius 1 is 0.707 bits per heavy atom. The highest BCUT2D eigenvalue weighted by molar-refractivity contribution is 6.07. The van der Waals surface area contributed by atoms with Crippen molar-refractivity contribution in [1.82, 2.24) is 4.90 Å². The lowest BCUT2D eigenvalue weighted by Gasteiger charge is -2.37. The molecule has 0 spiro atoms. The largest absolute Gasteiger partial charge is 1.00 e. The molecule has 4 aromatic rings. The van der Waals surface area contributed by atoms with Crippen LogP contribution in [0.2, 0.25) is 0 Å².